The summed E-state index contributed by atoms with van der Waals surface area (Å²) in [5.41, 5.74) is 1.17. The van der Waals surface area contributed by atoms with E-state index in [-0.39, 0.29) is 85.0 Å². The predicted molar refractivity (Wildman–Crippen MR) is 440 cm³/mol. The van der Waals surface area contributed by atoms with Gasteiger partial charge in [-0.3, -0.25) is 0 Å². The number of aromatic hydroxyl groups is 4. The summed E-state index contributed by atoms with van der Waals surface area (Å²) in [6.07, 6.45) is 20.5. The molecule has 0 aromatic heterocycles. The highest BCUT2D eigenvalue weighted by atomic mass is 16.7. The lowest BCUT2D eigenvalue weighted by Gasteiger charge is -2.40. The predicted octanol–water partition coefficient (Wildman–Crippen LogP) is 15.8. The first kappa shape index (κ1) is 95.8. The minimum Gasteiger partial charge on any atom is -0.508 e. The molecule has 4 fully saturated rings. The van der Waals surface area contributed by atoms with E-state index in [1.54, 1.807) is 115 Å². The van der Waals surface area contributed by atoms with Crippen LogP contribution < -0.4 is 37.9 Å². The molecule has 7 aromatic rings. The molecule has 0 bridgehead atoms. The molecule has 2 atom stereocenters. The number of ether oxygens (including phenoxy) is 17. The molecule has 27 heteroatoms. The molecule has 0 radical (unpaired) electrons. The molecule has 0 spiro atoms. The van der Waals surface area contributed by atoms with Crippen molar-refractivity contribution in [2.45, 2.75) is 116 Å². The van der Waals surface area contributed by atoms with Gasteiger partial charge in [0.05, 0.1) is 96.7 Å². The van der Waals surface area contributed by atoms with E-state index < -0.39 is 23.9 Å². The molecule has 0 amide bonds. The smallest absolute Gasteiger partial charge is 0.343 e. The maximum absolute atomic E-state index is 12.4. The van der Waals surface area contributed by atoms with Gasteiger partial charge in [0.15, 0.2) is 12.6 Å². The van der Waals surface area contributed by atoms with Gasteiger partial charge in [0, 0.05) is 49.0 Å². The lowest BCUT2D eigenvalue weighted by atomic mass is 9.84. The first-order valence-electron chi connectivity index (χ1n) is 39.8. The summed E-state index contributed by atoms with van der Waals surface area (Å²) in [5.74, 6) is 3.64. The summed E-state index contributed by atoms with van der Waals surface area (Å²) in [5, 5.41) is 52.8. The second-order valence-electron chi connectivity index (χ2n) is 27.3. The Morgan fingerprint density at radius 3 is 1.11 bits per heavy atom. The van der Waals surface area contributed by atoms with Crippen LogP contribution in [-0.2, 0) is 52.2 Å². The van der Waals surface area contributed by atoms with Crippen LogP contribution in [0.2, 0.25) is 0 Å². The van der Waals surface area contributed by atoms with Crippen LogP contribution in [0, 0.1) is 10.8 Å². The van der Waals surface area contributed by atoms with E-state index in [1.807, 2.05) is 30.3 Å². The van der Waals surface area contributed by atoms with Gasteiger partial charge in [-0.25, -0.2) is 19.2 Å². The highest BCUT2D eigenvalue weighted by Crippen LogP contribution is 2.33. The van der Waals surface area contributed by atoms with Crippen molar-refractivity contribution >= 4 is 23.9 Å². The normalized spacial score (nSPS) is 15.5. The quantitative estimate of drug-likeness (QED) is 0.00688. The van der Waals surface area contributed by atoms with Crippen LogP contribution in [0.3, 0.4) is 0 Å². The number of carboxylic acid groups (broad SMARTS) is 1. The Kier molecular flexibility index (Phi) is 46.4. The Hall–Kier alpha value is -11.0. The molecular formula is C91H116O27. The molecule has 7 aromatic carbocycles. The fourth-order valence-electron chi connectivity index (χ4n) is 10.7. The zero-order valence-corrected chi connectivity index (χ0v) is 67.6. The molecule has 5 heterocycles. The highest BCUT2D eigenvalue weighted by molar-refractivity contribution is 5.91. The number of aliphatic hydroxyl groups is 1. The van der Waals surface area contributed by atoms with Crippen LogP contribution in [-0.4, -0.2) is 193 Å². The standard InChI is InChI=1S/C28H34O8.C17H24O5.C13H18O4.C11H12O4.C11H14O3.C6H6O2.C5H8O/c1-3-26(29)35-18-17-34-24-11-13-25(14-12-24)36-27(30)22-7-9-23(10-8-22)33-16-6-5-15-31-19-28(4-2)20-32-21-28;1-2-17(12-21-13-17)11-20-9-3-4-10-22-15-7-5-14(6-8-15)16(18)19;14-8-10-15-11-4-6-12(7-5-11)17-13-3-1-2-9-16-13;1-2-11(13)15-8-7-14-10-5-3-9(12)4-6-10;12-9-4-6-10(7-5-9)14-11-3-1-2-8-13-11;7-5-1-2-6(8)4-3-5;1-2-4-6-5-3-1/h3,7-14H,1,4-6,15-21H2,2H3;5-8H,2-4,9-13H2,1H3,(H,18,19);4-7,13-14H,1-3,8-10H2;2-6,12H,1,7-8H2;4-7,11-12H,1-3,8H2;1-4,7-8H;2,4H,1,3,5H2. The molecule has 2 unspecified atom stereocenters. The number of carbonyl (C=O) groups excluding carboxylic acids is 3. The summed E-state index contributed by atoms with van der Waals surface area (Å²) in [7, 11) is 0. The second-order valence-corrected chi connectivity index (χ2v) is 27.3. The summed E-state index contributed by atoms with van der Waals surface area (Å²) in [4.78, 5) is 44.8. The molecular weight excluding hydrogens is 1520 g/mol. The molecule has 0 aliphatic carbocycles. The number of phenols is 4. The third-order valence-corrected chi connectivity index (χ3v) is 17.9. The van der Waals surface area contributed by atoms with Gasteiger partial charge in [0.1, 0.15) is 102 Å². The number of rotatable bonds is 38. The van der Waals surface area contributed by atoms with Crippen molar-refractivity contribution in [3.8, 4) is 69.0 Å². The van der Waals surface area contributed by atoms with Crippen LogP contribution in [0.1, 0.15) is 124 Å². The van der Waals surface area contributed by atoms with Crippen molar-refractivity contribution in [1.29, 1.82) is 0 Å². The molecule has 118 heavy (non-hydrogen) atoms. The molecule has 5 aliphatic heterocycles. The van der Waals surface area contributed by atoms with Crippen molar-refractivity contribution in [3.05, 3.63) is 219 Å². The largest absolute Gasteiger partial charge is 0.508 e. The van der Waals surface area contributed by atoms with Gasteiger partial charge in [-0.1, -0.05) is 27.0 Å². The van der Waals surface area contributed by atoms with Gasteiger partial charge in [-0.15, -0.1) is 0 Å². The van der Waals surface area contributed by atoms with E-state index >= 15 is 0 Å². The third kappa shape index (κ3) is 40.7. The Bertz CT molecular complexity index is 3850. The first-order valence-corrected chi connectivity index (χ1v) is 39.8. The van der Waals surface area contributed by atoms with Gasteiger partial charge in [0.2, 0.25) is 0 Å². The van der Waals surface area contributed by atoms with Crippen molar-refractivity contribution in [2.24, 2.45) is 10.8 Å². The number of esters is 3. The first-order chi connectivity index (χ1) is 57.4. The van der Waals surface area contributed by atoms with Crippen molar-refractivity contribution in [3.63, 3.8) is 0 Å². The number of aliphatic hydroxyl groups excluding tert-OH is 1. The molecule has 6 N–H and O–H groups in total. The number of allylic oxidation sites excluding steroid dienone is 1. The van der Waals surface area contributed by atoms with Crippen molar-refractivity contribution < 1.29 is 130 Å². The fourth-order valence-corrected chi connectivity index (χ4v) is 10.7. The Morgan fingerprint density at radius 2 is 0.780 bits per heavy atom. The average Bonchev–Trinajstić information content (AvgIpc) is 0.833. The van der Waals surface area contributed by atoms with E-state index in [0.29, 0.717) is 60.7 Å². The van der Waals surface area contributed by atoms with Crippen LogP contribution in [0.25, 0.3) is 0 Å². The molecule has 642 valence electrons. The number of benzene rings is 7. The van der Waals surface area contributed by atoms with Crippen LogP contribution in [0.4, 0.5) is 0 Å². The topological polar surface area (TPSA) is 347 Å². The maximum Gasteiger partial charge on any atom is 0.343 e. The number of phenolic OH excluding ortho intramolecular Hbond substituents is 4. The fraction of sp³-hybridized carbons (Fsp3) is 0.429. The van der Waals surface area contributed by atoms with Gasteiger partial charge in [-0.2, -0.15) is 0 Å². The van der Waals surface area contributed by atoms with Crippen LogP contribution >= 0.6 is 0 Å². The van der Waals surface area contributed by atoms with E-state index in [9.17, 15) is 19.2 Å². The number of hydrogen-bond donors (Lipinski definition) is 6. The van der Waals surface area contributed by atoms with Crippen molar-refractivity contribution in [2.75, 3.05) is 126 Å². The Morgan fingerprint density at radius 1 is 0.424 bits per heavy atom. The average molecular weight is 1640 g/mol. The lowest BCUT2D eigenvalue weighted by molar-refractivity contribution is -0.150. The molecule has 12 rings (SSSR count). The van der Waals surface area contributed by atoms with Crippen LogP contribution in [0.5, 0.6) is 69.0 Å². The monoisotopic (exact) mass is 1640 g/mol. The summed E-state index contributed by atoms with van der Waals surface area (Å²) < 4.78 is 91.4. The minimum atomic E-state index is -0.926. The number of carboxylic acids is 1. The molecule has 4 saturated heterocycles. The zero-order chi connectivity index (χ0) is 84.5. The number of carbonyl (C=O) groups is 4. The van der Waals surface area contributed by atoms with E-state index in [4.69, 9.17) is 111 Å². The van der Waals surface area contributed by atoms with Gasteiger partial charge >= 0.3 is 23.9 Å². The van der Waals surface area contributed by atoms with Gasteiger partial charge in [0.25, 0.3) is 0 Å². The summed E-state index contributed by atoms with van der Waals surface area (Å²) in [6.45, 7) is 21.9. The Balaban J connectivity index is 0.000000228. The molecule has 0 saturated carbocycles. The second kappa shape index (κ2) is 57.1. The van der Waals surface area contributed by atoms with Gasteiger partial charge < -0.3 is 111 Å². The zero-order valence-electron chi connectivity index (χ0n) is 67.6. The lowest BCUT2D eigenvalue weighted by Crippen LogP contribution is -2.45. The van der Waals surface area contributed by atoms with E-state index in [1.165, 1.54) is 49.2 Å². The number of aromatic carboxylic acids is 1. The van der Waals surface area contributed by atoms with E-state index in [2.05, 4.69) is 27.0 Å². The molecule has 5 aliphatic rings. The van der Waals surface area contributed by atoms with Gasteiger partial charge in [-0.05, 0) is 253 Å². The van der Waals surface area contributed by atoms with E-state index in [0.717, 1.165) is 173 Å². The Labute approximate surface area is 691 Å². The van der Waals surface area contributed by atoms with Crippen LogP contribution in [0.15, 0.2) is 208 Å². The number of unbranched alkanes of at least 4 members (excludes halogenated alkanes) is 2. The SMILES string of the molecule is C1=COCCC1.C=CC(=O)OCCOc1ccc(O)cc1.C=CC(=O)OCCOc1ccc(OC(=O)c2ccc(OCCCCOCC3(CC)COC3)cc2)cc1.CCC1(COCCCCOc2ccc(C(=O)O)cc2)COC1.OCCOc1ccc(OC2CCCCO2)cc1.Oc1ccc(O)cc1.Oc1ccc(OC2CCCCO2)cc1. The van der Waals surface area contributed by atoms with Crippen molar-refractivity contribution in [1.82, 2.24) is 0 Å². The maximum atomic E-state index is 12.4. The summed E-state index contributed by atoms with van der Waals surface area (Å²) >= 11 is 0. The highest BCUT2D eigenvalue weighted by Gasteiger charge is 2.38. The molecule has 27 nitrogen and oxygen atoms in total. The third-order valence-electron chi connectivity index (χ3n) is 17.9. The minimum absolute atomic E-state index is 0.0220. The number of hydrogen-bond acceptors (Lipinski definition) is 26. The summed E-state index contributed by atoms with van der Waals surface area (Å²) in [6, 6.07) is 46.0.